The van der Waals surface area contributed by atoms with E-state index < -0.39 is 12.6 Å². The fourth-order valence-corrected chi connectivity index (χ4v) is 3.25. The van der Waals surface area contributed by atoms with E-state index in [1.165, 1.54) is 12.1 Å². The Hall–Kier alpha value is -1.49. The number of ether oxygens (including phenoxy) is 1. The number of carbonyl (C=O) groups is 2. The van der Waals surface area contributed by atoms with Crippen molar-refractivity contribution < 1.29 is 14.3 Å². The van der Waals surface area contributed by atoms with Gasteiger partial charge in [0.15, 0.2) is 6.61 Å². The Morgan fingerprint density at radius 2 is 1.75 bits per heavy atom. The third kappa shape index (κ3) is 3.61. The topological polar surface area (TPSA) is 48.3 Å². The number of esters is 1. The van der Waals surface area contributed by atoms with Crippen molar-refractivity contribution in [2.45, 2.75) is 27.3 Å². The van der Waals surface area contributed by atoms with E-state index in [4.69, 9.17) is 39.5 Å². The van der Waals surface area contributed by atoms with Crippen LogP contribution < -0.4 is 0 Å². The zero-order valence-electron chi connectivity index (χ0n) is 13.5. The van der Waals surface area contributed by atoms with Crippen molar-refractivity contribution in [2.24, 2.45) is 0 Å². The fourth-order valence-electron chi connectivity index (χ4n) is 2.57. The Bertz CT molecular complexity index is 812. The Morgan fingerprint density at radius 3 is 2.33 bits per heavy atom. The number of benzene rings is 1. The third-order valence-corrected chi connectivity index (χ3v) is 4.89. The molecule has 128 valence electrons. The van der Waals surface area contributed by atoms with E-state index in [0.717, 1.165) is 17.9 Å². The maximum atomic E-state index is 12.3. The molecule has 0 atom stereocenters. The first-order valence-corrected chi connectivity index (χ1v) is 8.41. The van der Waals surface area contributed by atoms with Gasteiger partial charge in [0.25, 0.3) is 0 Å². The maximum Gasteiger partial charge on any atom is 0.341 e. The molecule has 1 aromatic carbocycles. The fraction of sp³-hybridized carbons (Fsp3) is 0.294. The lowest BCUT2D eigenvalue weighted by Gasteiger charge is -2.09. The van der Waals surface area contributed by atoms with Crippen molar-refractivity contribution in [1.29, 1.82) is 0 Å². The van der Waals surface area contributed by atoms with Crippen LogP contribution in [-0.2, 0) is 11.3 Å². The zero-order chi connectivity index (χ0) is 18.0. The number of hydrogen-bond acceptors (Lipinski definition) is 3. The molecule has 0 amide bonds. The number of hydrogen-bond donors (Lipinski definition) is 0. The molecule has 0 aliphatic carbocycles. The van der Waals surface area contributed by atoms with Gasteiger partial charge in [0.05, 0.1) is 20.6 Å². The molecule has 4 nitrogen and oxygen atoms in total. The van der Waals surface area contributed by atoms with Gasteiger partial charge in [0.1, 0.15) is 0 Å². The summed E-state index contributed by atoms with van der Waals surface area (Å²) in [4.78, 5) is 24.5. The van der Waals surface area contributed by atoms with Crippen LogP contribution in [0.5, 0.6) is 0 Å². The van der Waals surface area contributed by atoms with Gasteiger partial charge in [-0.05, 0) is 39.0 Å². The maximum absolute atomic E-state index is 12.3. The van der Waals surface area contributed by atoms with Gasteiger partial charge in [-0.1, -0.05) is 34.8 Å². The van der Waals surface area contributed by atoms with Crippen molar-refractivity contribution in [3.05, 3.63) is 55.8 Å². The Morgan fingerprint density at radius 1 is 1.12 bits per heavy atom. The summed E-state index contributed by atoms with van der Waals surface area (Å²) in [5, 5.41) is 0.308. The number of aromatic nitrogens is 1. The van der Waals surface area contributed by atoms with Crippen molar-refractivity contribution in [2.75, 3.05) is 6.61 Å². The van der Waals surface area contributed by atoms with Gasteiger partial charge in [0.2, 0.25) is 5.78 Å². The van der Waals surface area contributed by atoms with E-state index in [9.17, 15) is 9.59 Å². The highest BCUT2D eigenvalue weighted by Gasteiger charge is 2.21. The first kappa shape index (κ1) is 18.8. The highest BCUT2D eigenvalue weighted by molar-refractivity contribution is 6.46. The van der Waals surface area contributed by atoms with Gasteiger partial charge in [-0.15, -0.1) is 0 Å². The molecular weight excluding hydrogens is 373 g/mol. The molecule has 2 rings (SSSR count). The van der Waals surface area contributed by atoms with Crippen LogP contribution in [0, 0.1) is 13.8 Å². The molecule has 2 aromatic rings. The number of halogens is 3. The molecule has 0 aliphatic heterocycles. The first-order chi connectivity index (χ1) is 11.3. The van der Waals surface area contributed by atoms with E-state index in [0.29, 0.717) is 5.56 Å². The van der Waals surface area contributed by atoms with E-state index in [1.54, 1.807) is 6.07 Å². The normalized spacial score (nSPS) is 10.8. The zero-order valence-corrected chi connectivity index (χ0v) is 15.7. The second-order valence-electron chi connectivity index (χ2n) is 5.25. The second kappa shape index (κ2) is 7.60. The number of carbonyl (C=O) groups excluding carboxylic acids is 2. The minimum absolute atomic E-state index is 0.00535. The molecule has 1 aromatic heterocycles. The Kier molecular flexibility index (Phi) is 5.97. The Balaban J connectivity index is 2.15. The smallest absolute Gasteiger partial charge is 0.341 e. The summed E-state index contributed by atoms with van der Waals surface area (Å²) in [5.41, 5.74) is 2.31. The largest absolute Gasteiger partial charge is 0.454 e. The van der Waals surface area contributed by atoms with Gasteiger partial charge in [-0.2, -0.15) is 0 Å². The van der Waals surface area contributed by atoms with Crippen LogP contribution in [0.3, 0.4) is 0 Å². The monoisotopic (exact) mass is 387 g/mol. The summed E-state index contributed by atoms with van der Waals surface area (Å²) in [6.07, 6.45) is 0. The van der Waals surface area contributed by atoms with Crippen molar-refractivity contribution >= 4 is 46.6 Å². The van der Waals surface area contributed by atoms with Gasteiger partial charge in [-0.3, -0.25) is 4.79 Å². The molecule has 0 saturated heterocycles. The van der Waals surface area contributed by atoms with Gasteiger partial charge in [0, 0.05) is 23.5 Å². The summed E-state index contributed by atoms with van der Waals surface area (Å²) in [6.45, 7) is 6.14. The van der Waals surface area contributed by atoms with Crippen LogP contribution in [-0.4, -0.2) is 22.9 Å². The number of rotatable bonds is 5. The minimum atomic E-state index is -0.787. The van der Waals surface area contributed by atoms with Crippen molar-refractivity contribution in [3.8, 4) is 0 Å². The third-order valence-electron chi connectivity index (χ3n) is 3.77. The minimum Gasteiger partial charge on any atom is -0.454 e. The summed E-state index contributed by atoms with van der Waals surface area (Å²) >= 11 is 17.8. The summed E-state index contributed by atoms with van der Waals surface area (Å²) in [5.74, 6) is -1.07. The van der Waals surface area contributed by atoms with Crippen LogP contribution in [0.1, 0.15) is 39.0 Å². The molecule has 0 saturated carbocycles. The molecule has 0 fully saturated rings. The van der Waals surface area contributed by atoms with Gasteiger partial charge >= 0.3 is 5.97 Å². The molecule has 0 radical (unpaired) electrons. The molecule has 1 heterocycles. The average molecular weight is 389 g/mol. The summed E-state index contributed by atoms with van der Waals surface area (Å²) in [7, 11) is 0. The predicted octanol–water partition coefficient (Wildman–Crippen LogP) is 5.12. The predicted molar refractivity (Wildman–Crippen MR) is 95.7 cm³/mol. The molecule has 0 bridgehead atoms. The quantitative estimate of drug-likeness (QED) is 0.405. The number of ketones is 1. The highest BCUT2D eigenvalue weighted by atomic mass is 35.5. The SMILES string of the molecule is CCn1c(C)cc(C(=O)COC(=O)c2c(Cl)ccc(Cl)c2Cl)c1C. The molecule has 0 unspecified atom stereocenters. The first-order valence-electron chi connectivity index (χ1n) is 7.28. The molecular formula is C17H16Cl3NO3. The van der Waals surface area contributed by atoms with Crippen LogP contribution >= 0.6 is 34.8 Å². The standard InChI is InChI=1S/C17H16Cl3NO3/c1-4-21-9(2)7-11(10(21)3)14(22)8-24-17(23)15-12(18)5-6-13(19)16(15)20/h5-7H,4,8H2,1-3H3. The van der Waals surface area contributed by atoms with Crippen molar-refractivity contribution in [3.63, 3.8) is 0 Å². The lowest BCUT2D eigenvalue weighted by molar-refractivity contribution is 0.0475. The van der Waals surface area contributed by atoms with Crippen LogP contribution in [0.2, 0.25) is 15.1 Å². The molecule has 0 N–H and O–H groups in total. The molecule has 24 heavy (non-hydrogen) atoms. The average Bonchev–Trinajstić information content (AvgIpc) is 2.83. The van der Waals surface area contributed by atoms with E-state index in [1.807, 2.05) is 25.3 Å². The van der Waals surface area contributed by atoms with E-state index >= 15 is 0 Å². The number of aryl methyl sites for hydroxylation is 1. The van der Waals surface area contributed by atoms with Crippen LogP contribution in [0.15, 0.2) is 18.2 Å². The van der Waals surface area contributed by atoms with Gasteiger partial charge < -0.3 is 9.30 Å². The van der Waals surface area contributed by atoms with Crippen LogP contribution in [0.25, 0.3) is 0 Å². The molecule has 7 heteroatoms. The highest BCUT2D eigenvalue weighted by Crippen LogP contribution is 2.32. The summed E-state index contributed by atoms with van der Waals surface area (Å²) in [6, 6.07) is 4.71. The lowest BCUT2D eigenvalue weighted by atomic mass is 10.1. The number of Topliss-reactive ketones (excluding diaryl/α,β-unsaturated/α-hetero) is 1. The molecule has 0 aliphatic rings. The van der Waals surface area contributed by atoms with Gasteiger partial charge in [-0.25, -0.2) is 4.79 Å². The Labute approximate surface area is 155 Å². The lowest BCUT2D eigenvalue weighted by Crippen LogP contribution is -2.15. The van der Waals surface area contributed by atoms with Crippen molar-refractivity contribution in [1.82, 2.24) is 4.57 Å². The summed E-state index contributed by atoms with van der Waals surface area (Å²) < 4.78 is 7.09. The second-order valence-corrected chi connectivity index (χ2v) is 6.44. The van der Waals surface area contributed by atoms with E-state index in [-0.39, 0.29) is 26.4 Å². The number of nitrogens with zero attached hydrogens (tertiary/aromatic N) is 1. The molecule has 0 spiro atoms. The van der Waals surface area contributed by atoms with Crippen LogP contribution in [0.4, 0.5) is 0 Å². The van der Waals surface area contributed by atoms with E-state index in [2.05, 4.69) is 0 Å².